The van der Waals surface area contributed by atoms with E-state index in [0.29, 0.717) is 11.0 Å². The molecule has 0 aliphatic rings. The SMILES string of the molecule is CC(C)C(CN)NS(=O)(=O)c1ccc2oc(=O)ccc2c1. The van der Waals surface area contributed by atoms with Gasteiger partial charge in [-0.2, -0.15) is 0 Å². The summed E-state index contributed by atoms with van der Waals surface area (Å²) in [6, 6.07) is 6.79. The van der Waals surface area contributed by atoms with E-state index in [4.69, 9.17) is 10.2 Å². The van der Waals surface area contributed by atoms with Crippen LogP contribution in [0, 0.1) is 5.92 Å². The molecule has 0 bridgehead atoms. The van der Waals surface area contributed by atoms with E-state index in [-0.39, 0.29) is 23.4 Å². The molecular weight excluding hydrogens is 292 g/mol. The quantitative estimate of drug-likeness (QED) is 0.804. The minimum Gasteiger partial charge on any atom is -0.423 e. The molecule has 21 heavy (non-hydrogen) atoms. The van der Waals surface area contributed by atoms with Crippen LogP contribution in [0.2, 0.25) is 0 Å². The Bertz CT molecular complexity index is 796. The average Bonchev–Trinajstić information content (AvgIpc) is 2.43. The van der Waals surface area contributed by atoms with E-state index in [2.05, 4.69) is 4.72 Å². The highest BCUT2D eigenvalue weighted by atomic mass is 32.2. The summed E-state index contributed by atoms with van der Waals surface area (Å²) in [5, 5.41) is 0.548. The topological polar surface area (TPSA) is 102 Å². The Labute approximate surface area is 123 Å². The summed E-state index contributed by atoms with van der Waals surface area (Å²) in [5.41, 5.74) is 5.46. The van der Waals surface area contributed by atoms with Crippen molar-refractivity contribution in [2.24, 2.45) is 11.7 Å². The van der Waals surface area contributed by atoms with Crippen LogP contribution in [-0.4, -0.2) is 21.0 Å². The van der Waals surface area contributed by atoms with Crippen molar-refractivity contribution in [3.05, 3.63) is 40.8 Å². The van der Waals surface area contributed by atoms with Crippen LogP contribution in [0.1, 0.15) is 13.8 Å². The van der Waals surface area contributed by atoms with Crippen LogP contribution in [0.3, 0.4) is 0 Å². The predicted molar refractivity (Wildman–Crippen MR) is 80.5 cm³/mol. The van der Waals surface area contributed by atoms with Crippen molar-refractivity contribution in [3.63, 3.8) is 0 Å². The molecule has 7 heteroatoms. The van der Waals surface area contributed by atoms with Crippen LogP contribution < -0.4 is 16.1 Å². The van der Waals surface area contributed by atoms with E-state index in [1.165, 1.54) is 30.3 Å². The molecule has 3 N–H and O–H groups in total. The van der Waals surface area contributed by atoms with Gasteiger partial charge < -0.3 is 10.2 Å². The number of fused-ring (bicyclic) bond motifs is 1. The van der Waals surface area contributed by atoms with Gasteiger partial charge in [-0.25, -0.2) is 17.9 Å². The normalized spacial score (nSPS) is 13.7. The molecule has 114 valence electrons. The number of hydrogen-bond acceptors (Lipinski definition) is 5. The zero-order valence-corrected chi connectivity index (χ0v) is 12.7. The number of hydrogen-bond donors (Lipinski definition) is 2. The highest BCUT2D eigenvalue weighted by Crippen LogP contribution is 2.18. The lowest BCUT2D eigenvalue weighted by molar-refractivity contribution is 0.455. The lowest BCUT2D eigenvalue weighted by Crippen LogP contribution is -2.43. The first-order chi connectivity index (χ1) is 9.83. The molecule has 1 aromatic carbocycles. The Morgan fingerprint density at radius 1 is 1.24 bits per heavy atom. The van der Waals surface area contributed by atoms with Crippen molar-refractivity contribution in [1.82, 2.24) is 4.72 Å². The molecule has 6 nitrogen and oxygen atoms in total. The van der Waals surface area contributed by atoms with E-state index in [1.54, 1.807) is 0 Å². The average molecular weight is 310 g/mol. The van der Waals surface area contributed by atoms with Gasteiger partial charge in [0.1, 0.15) is 5.58 Å². The van der Waals surface area contributed by atoms with Crippen LogP contribution in [-0.2, 0) is 10.0 Å². The second kappa shape index (κ2) is 5.97. The Balaban J connectivity index is 2.40. The molecule has 0 fully saturated rings. The van der Waals surface area contributed by atoms with E-state index in [9.17, 15) is 13.2 Å². The van der Waals surface area contributed by atoms with Gasteiger partial charge in [0.05, 0.1) is 4.90 Å². The molecule has 0 aliphatic carbocycles. The summed E-state index contributed by atoms with van der Waals surface area (Å²) in [7, 11) is -3.67. The second-order valence-corrected chi connectivity index (χ2v) is 6.88. The Morgan fingerprint density at radius 2 is 1.95 bits per heavy atom. The van der Waals surface area contributed by atoms with Crippen molar-refractivity contribution in [1.29, 1.82) is 0 Å². The van der Waals surface area contributed by atoms with Crippen molar-refractivity contribution >= 4 is 21.0 Å². The third-order valence-corrected chi connectivity index (χ3v) is 4.75. The molecule has 1 unspecified atom stereocenters. The zero-order chi connectivity index (χ0) is 15.6. The summed E-state index contributed by atoms with van der Waals surface area (Å²) in [6.07, 6.45) is 0. The molecule has 1 aromatic heterocycles. The first kappa shape index (κ1) is 15.7. The van der Waals surface area contributed by atoms with Crippen LogP contribution in [0.5, 0.6) is 0 Å². The van der Waals surface area contributed by atoms with Crippen molar-refractivity contribution in [3.8, 4) is 0 Å². The summed E-state index contributed by atoms with van der Waals surface area (Å²) < 4.78 is 32.3. The van der Waals surface area contributed by atoms with Crippen molar-refractivity contribution in [2.75, 3.05) is 6.54 Å². The lowest BCUT2D eigenvalue weighted by Gasteiger charge is -2.20. The van der Waals surface area contributed by atoms with Crippen LogP contribution in [0.4, 0.5) is 0 Å². The maximum atomic E-state index is 12.4. The summed E-state index contributed by atoms with van der Waals surface area (Å²) in [6.45, 7) is 4.02. The molecule has 2 aromatic rings. The maximum absolute atomic E-state index is 12.4. The van der Waals surface area contributed by atoms with E-state index < -0.39 is 15.6 Å². The number of nitrogens with two attached hydrogens (primary N) is 1. The standard InChI is InChI=1S/C14H18N2O4S/c1-9(2)12(8-15)16-21(18,19)11-4-5-13-10(7-11)3-6-14(17)20-13/h3-7,9,12,16H,8,15H2,1-2H3. The van der Waals surface area contributed by atoms with E-state index in [1.807, 2.05) is 13.8 Å². The number of benzene rings is 1. The van der Waals surface area contributed by atoms with Gasteiger partial charge in [-0.05, 0) is 30.2 Å². The fourth-order valence-corrected chi connectivity index (χ4v) is 3.37. The minimum atomic E-state index is -3.67. The van der Waals surface area contributed by atoms with E-state index in [0.717, 1.165) is 0 Å². The molecule has 1 atom stereocenters. The highest BCUT2D eigenvalue weighted by Gasteiger charge is 2.21. The summed E-state index contributed by atoms with van der Waals surface area (Å²) in [5.74, 6) is 0.0863. The number of rotatable bonds is 5. The molecule has 0 saturated heterocycles. The summed E-state index contributed by atoms with van der Waals surface area (Å²) >= 11 is 0. The number of sulfonamides is 1. The molecule has 0 amide bonds. The zero-order valence-electron chi connectivity index (χ0n) is 11.9. The van der Waals surface area contributed by atoms with Gasteiger partial charge in [-0.1, -0.05) is 13.8 Å². The van der Waals surface area contributed by atoms with Gasteiger partial charge in [-0.3, -0.25) is 0 Å². The first-order valence-electron chi connectivity index (χ1n) is 6.60. The third kappa shape index (κ3) is 3.49. The molecule has 0 aliphatic heterocycles. The Hall–Kier alpha value is -1.70. The van der Waals surface area contributed by atoms with Gasteiger partial charge in [0.2, 0.25) is 10.0 Å². The summed E-state index contributed by atoms with van der Waals surface area (Å²) in [4.78, 5) is 11.2. The lowest BCUT2D eigenvalue weighted by atomic mass is 10.1. The fourth-order valence-electron chi connectivity index (χ4n) is 1.94. The largest absolute Gasteiger partial charge is 0.423 e. The molecule has 0 spiro atoms. The second-order valence-electron chi connectivity index (χ2n) is 5.16. The predicted octanol–water partition coefficient (Wildman–Crippen LogP) is 1.05. The van der Waals surface area contributed by atoms with Crippen LogP contribution in [0.25, 0.3) is 11.0 Å². The monoisotopic (exact) mass is 310 g/mol. The van der Waals surface area contributed by atoms with Gasteiger partial charge >= 0.3 is 5.63 Å². The smallest absolute Gasteiger partial charge is 0.336 e. The Morgan fingerprint density at radius 3 is 2.57 bits per heavy atom. The first-order valence-corrected chi connectivity index (χ1v) is 8.08. The van der Waals surface area contributed by atoms with Crippen molar-refractivity contribution in [2.45, 2.75) is 24.8 Å². The third-order valence-electron chi connectivity index (χ3n) is 3.27. The van der Waals surface area contributed by atoms with Gasteiger partial charge in [0.25, 0.3) is 0 Å². The molecule has 1 heterocycles. The van der Waals surface area contributed by atoms with Gasteiger partial charge in [-0.15, -0.1) is 0 Å². The minimum absolute atomic E-state index is 0.0863. The van der Waals surface area contributed by atoms with Crippen molar-refractivity contribution < 1.29 is 12.8 Å². The number of nitrogens with one attached hydrogen (secondary N) is 1. The van der Waals surface area contributed by atoms with Crippen LogP contribution in [0.15, 0.2) is 44.4 Å². The molecule has 0 radical (unpaired) electrons. The Kier molecular flexibility index (Phi) is 4.46. The highest BCUT2D eigenvalue weighted by molar-refractivity contribution is 7.89. The van der Waals surface area contributed by atoms with E-state index >= 15 is 0 Å². The molecule has 2 rings (SSSR count). The fraction of sp³-hybridized carbons (Fsp3) is 0.357. The van der Waals surface area contributed by atoms with Gasteiger partial charge in [0, 0.05) is 24.0 Å². The van der Waals surface area contributed by atoms with Gasteiger partial charge in [0.15, 0.2) is 0 Å². The maximum Gasteiger partial charge on any atom is 0.336 e. The molecular formula is C14H18N2O4S. The van der Waals surface area contributed by atoms with Crippen LogP contribution >= 0.6 is 0 Å². The molecule has 0 saturated carbocycles.